The Morgan fingerprint density at radius 2 is 1.89 bits per heavy atom. The van der Waals surface area contributed by atoms with Gasteiger partial charge >= 0.3 is 0 Å². The van der Waals surface area contributed by atoms with Crippen LogP contribution in [0.25, 0.3) is 0 Å². The number of pyridine rings is 1. The van der Waals surface area contributed by atoms with Gasteiger partial charge in [-0.05, 0) is 6.07 Å². The summed E-state index contributed by atoms with van der Waals surface area (Å²) in [7, 11) is 1.62. The fraction of sp³-hybridized carbons (Fsp3) is 0.143. The molecule has 4 heteroatoms. The monoisotopic (exact) mass is 306 g/mol. The topological polar surface area (TPSA) is 30.2 Å². The number of rotatable bonds is 4. The van der Waals surface area contributed by atoms with Crippen LogP contribution in [0.2, 0.25) is 0 Å². The second-order valence-corrected chi connectivity index (χ2v) is 4.67. The first-order valence-corrected chi connectivity index (χ1v) is 6.31. The normalized spacial score (nSPS) is 10.1. The molecule has 0 aliphatic rings. The van der Waals surface area contributed by atoms with Gasteiger partial charge < -0.3 is 4.74 Å². The summed E-state index contributed by atoms with van der Waals surface area (Å²) in [5.74, 6) is 0.845. The predicted octanol–water partition coefficient (Wildman–Crippen LogP) is 2.63. The number of benzene rings is 1. The van der Waals surface area contributed by atoms with Crippen LogP contribution in [0.5, 0.6) is 5.75 Å². The van der Waals surface area contributed by atoms with Crippen LogP contribution in [0.4, 0.5) is 0 Å². The van der Waals surface area contributed by atoms with E-state index in [2.05, 4.69) is 15.9 Å². The number of carbonyl (C=O) groups is 1. The molecule has 0 aliphatic heterocycles. The van der Waals surface area contributed by atoms with Gasteiger partial charge in [-0.1, -0.05) is 34.1 Å². The summed E-state index contributed by atoms with van der Waals surface area (Å²) in [5, 5.41) is 0. The molecule has 3 nitrogen and oxygen atoms in total. The van der Waals surface area contributed by atoms with Crippen molar-refractivity contribution in [1.29, 1.82) is 0 Å². The minimum absolute atomic E-state index is 0.0673. The summed E-state index contributed by atoms with van der Waals surface area (Å²) in [6.07, 6.45) is 3.65. The molecule has 0 aliphatic carbocycles. The third-order valence-electron chi connectivity index (χ3n) is 2.60. The number of halogens is 1. The predicted molar refractivity (Wildman–Crippen MR) is 71.7 cm³/mol. The second-order valence-electron chi connectivity index (χ2n) is 3.81. The van der Waals surface area contributed by atoms with Gasteiger partial charge in [-0.2, -0.15) is 4.57 Å². The molecule has 0 saturated heterocycles. The number of hydrogen-bond acceptors (Lipinski definition) is 2. The van der Waals surface area contributed by atoms with E-state index >= 15 is 0 Å². The maximum Gasteiger partial charge on any atom is 0.228 e. The highest BCUT2D eigenvalue weighted by Crippen LogP contribution is 2.16. The van der Waals surface area contributed by atoms with Gasteiger partial charge in [0, 0.05) is 22.2 Å². The van der Waals surface area contributed by atoms with Gasteiger partial charge in [0.15, 0.2) is 12.4 Å². The average molecular weight is 307 g/mol. The van der Waals surface area contributed by atoms with Crippen LogP contribution in [0.15, 0.2) is 53.3 Å². The van der Waals surface area contributed by atoms with E-state index in [0.29, 0.717) is 12.1 Å². The molecule has 2 rings (SSSR count). The lowest BCUT2D eigenvalue weighted by atomic mass is 10.1. The van der Waals surface area contributed by atoms with Gasteiger partial charge in [-0.3, -0.25) is 4.79 Å². The van der Waals surface area contributed by atoms with Gasteiger partial charge in [0.25, 0.3) is 0 Å². The quantitative estimate of drug-likeness (QED) is 0.642. The molecule has 0 saturated carbocycles. The van der Waals surface area contributed by atoms with Crippen molar-refractivity contribution in [2.45, 2.75) is 6.54 Å². The Hall–Kier alpha value is -1.68. The first-order valence-electron chi connectivity index (χ1n) is 5.51. The van der Waals surface area contributed by atoms with Crippen LogP contribution in [0, 0.1) is 0 Å². The molecule has 0 atom stereocenters. The Morgan fingerprint density at radius 3 is 2.50 bits per heavy atom. The van der Waals surface area contributed by atoms with Crippen LogP contribution in [0.1, 0.15) is 10.4 Å². The molecule has 1 heterocycles. The van der Waals surface area contributed by atoms with Crippen LogP contribution < -0.4 is 9.30 Å². The largest absolute Gasteiger partial charge is 0.496 e. The Kier molecular flexibility index (Phi) is 4.10. The first kappa shape index (κ1) is 12.8. The van der Waals surface area contributed by atoms with E-state index in [1.54, 1.807) is 7.11 Å². The highest BCUT2D eigenvalue weighted by Gasteiger charge is 2.14. The zero-order valence-corrected chi connectivity index (χ0v) is 11.6. The van der Waals surface area contributed by atoms with Crippen molar-refractivity contribution in [3.63, 3.8) is 0 Å². The van der Waals surface area contributed by atoms with E-state index < -0.39 is 0 Å². The highest BCUT2D eigenvalue weighted by atomic mass is 79.9. The fourth-order valence-corrected chi connectivity index (χ4v) is 2.13. The average Bonchev–Trinajstić information content (AvgIpc) is 2.40. The molecule has 1 aromatic carbocycles. The molecule has 92 valence electrons. The molecule has 2 aromatic rings. The van der Waals surface area contributed by atoms with Crippen molar-refractivity contribution >= 4 is 21.7 Å². The lowest BCUT2D eigenvalue weighted by Crippen LogP contribution is -2.37. The Balaban J connectivity index is 2.14. The van der Waals surface area contributed by atoms with Crippen molar-refractivity contribution in [3.05, 3.63) is 58.8 Å². The summed E-state index contributed by atoms with van der Waals surface area (Å²) in [6.45, 7) is 0.312. The molecule has 1 aromatic heterocycles. The number of ketones is 1. The Morgan fingerprint density at radius 1 is 1.22 bits per heavy atom. The maximum atomic E-state index is 12.1. The molecule has 0 fully saturated rings. The Bertz CT molecular complexity index is 552. The van der Waals surface area contributed by atoms with Crippen molar-refractivity contribution in [3.8, 4) is 5.75 Å². The van der Waals surface area contributed by atoms with E-state index in [-0.39, 0.29) is 5.78 Å². The van der Waals surface area contributed by atoms with Crippen LogP contribution in [-0.2, 0) is 6.54 Å². The van der Waals surface area contributed by atoms with Crippen LogP contribution in [-0.4, -0.2) is 12.9 Å². The SMILES string of the molecule is COc1cc[n+](CC(=O)c2ccccc2Br)cc1. The third-order valence-corrected chi connectivity index (χ3v) is 3.29. The standard InChI is InChI=1S/C14H13BrNO2/c1-18-11-6-8-16(9-7-11)10-14(17)12-4-2-3-5-13(12)15/h2-9H,10H2,1H3/q+1. The Labute approximate surface area is 114 Å². The number of carbonyl (C=O) groups excluding carboxylic acids is 1. The molecule has 0 spiro atoms. The van der Waals surface area contributed by atoms with E-state index in [1.807, 2.05) is 53.4 Å². The molecule has 0 radical (unpaired) electrons. The number of nitrogens with zero attached hydrogens (tertiary/aromatic N) is 1. The number of aromatic nitrogens is 1. The van der Waals surface area contributed by atoms with Crippen molar-refractivity contribution in [2.24, 2.45) is 0 Å². The maximum absolute atomic E-state index is 12.1. The van der Waals surface area contributed by atoms with Gasteiger partial charge in [0.2, 0.25) is 12.3 Å². The van der Waals surface area contributed by atoms with Crippen molar-refractivity contribution in [2.75, 3.05) is 7.11 Å². The molecular weight excluding hydrogens is 294 g/mol. The van der Waals surface area contributed by atoms with E-state index in [4.69, 9.17) is 4.74 Å². The third kappa shape index (κ3) is 2.96. The van der Waals surface area contributed by atoms with Crippen molar-refractivity contribution < 1.29 is 14.1 Å². The summed E-state index contributed by atoms with van der Waals surface area (Å²) < 4.78 is 7.72. The van der Waals surface area contributed by atoms with Crippen LogP contribution >= 0.6 is 15.9 Å². The summed E-state index contributed by atoms with van der Waals surface area (Å²) >= 11 is 3.38. The zero-order valence-electron chi connectivity index (χ0n) is 9.97. The minimum Gasteiger partial charge on any atom is -0.496 e. The number of methoxy groups -OCH3 is 1. The first-order chi connectivity index (χ1) is 8.70. The second kappa shape index (κ2) is 5.78. The van der Waals surface area contributed by atoms with Crippen molar-refractivity contribution in [1.82, 2.24) is 0 Å². The smallest absolute Gasteiger partial charge is 0.228 e. The fourth-order valence-electron chi connectivity index (χ4n) is 1.62. The molecule has 18 heavy (non-hydrogen) atoms. The minimum atomic E-state index is 0.0673. The van der Waals surface area contributed by atoms with Gasteiger partial charge in [0.1, 0.15) is 5.75 Å². The summed E-state index contributed by atoms with van der Waals surface area (Å²) in [5.41, 5.74) is 0.695. The highest BCUT2D eigenvalue weighted by molar-refractivity contribution is 9.10. The van der Waals surface area contributed by atoms with E-state index in [9.17, 15) is 4.79 Å². The summed E-state index contributed by atoms with van der Waals surface area (Å²) in [6, 6.07) is 11.1. The number of Topliss-reactive ketones (excluding diaryl/α,β-unsaturated/α-hetero) is 1. The van der Waals surface area contributed by atoms with Gasteiger partial charge in [-0.25, -0.2) is 0 Å². The van der Waals surface area contributed by atoms with Gasteiger partial charge in [-0.15, -0.1) is 0 Å². The zero-order chi connectivity index (χ0) is 13.0. The van der Waals surface area contributed by atoms with Gasteiger partial charge in [0.05, 0.1) is 7.11 Å². The molecule has 0 unspecified atom stereocenters. The molecule has 0 N–H and O–H groups in total. The lowest BCUT2D eigenvalue weighted by molar-refractivity contribution is -0.683. The molecular formula is C14H13BrNO2+. The van der Waals surface area contributed by atoms with E-state index in [0.717, 1.165) is 10.2 Å². The summed E-state index contributed by atoms with van der Waals surface area (Å²) in [4.78, 5) is 12.1. The number of hydrogen-bond donors (Lipinski definition) is 0. The van der Waals surface area contributed by atoms with E-state index in [1.165, 1.54) is 0 Å². The lowest BCUT2D eigenvalue weighted by Gasteiger charge is -2.01. The molecule has 0 amide bonds. The number of ether oxygens (including phenoxy) is 1. The molecule has 0 bridgehead atoms. The van der Waals surface area contributed by atoms with Crippen LogP contribution in [0.3, 0.4) is 0 Å².